The molecule has 4 heteroatoms. The van der Waals surface area contributed by atoms with Gasteiger partial charge in [0.05, 0.1) is 11.7 Å². The molecule has 2 aromatic carbocycles. The first-order valence-electron chi connectivity index (χ1n) is 10.0. The first kappa shape index (κ1) is 18.5. The third kappa shape index (κ3) is 4.18. The maximum absolute atomic E-state index is 11.0. The Hall–Kier alpha value is -1.88. The number of aryl methyl sites for hydroxylation is 1. The first-order chi connectivity index (χ1) is 13.0. The summed E-state index contributed by atoms with van der Waals surface area (Å²) in [5.74, 6) is 0.482. The fourth-order valence-electron chi connectivity index (χ4n) is 4.68. The molecule has 144 valence electrons. The molecule has 27 heavy (non-hydrogen) atoms. The summed E-state index contributed by atoms with van der Waals surface area (Å²) >= 11 is 0. The number of phenolic OH excluding ortho intramolecular Hbond substituents is 1. The topological polar surface area (TPSA) is 63.9 Å². The molecule has 0 amide bonds. The van der Waals surface area contributed by atoms with Gasteiger partial charge in [-0.05, 0) is 54.5 Å². The van der Waals surface area contributed by atoms with Gasteiger partial charge in [-0.1, -0.05) is 36.4 Å². The third-order valence-electron chi connectivity index (χ3n) is 6.33. The zero-order chi connectivity index (χ0) is 18.9. The predicted molar refractivity (Wildman–Crippen MR) is 106 cm³/mol. The smallest absolute Gasteiger partial charge is 0.115 e. The second-order valence-electron chi connectivity index (χ2n) is 8.31. The lowest BCUT2D eigenvalue weighted by Gasteiger charge is -2.41. The number of hydrogen-bond donors (Lipinski definition) is 3. The van der Waals surface area contributed by atoms with Crippen LogP contribution in [0.15, 0.2) is 48.5 Å². The molecule has 4 rings (SSSR count). The molecule has 2 aromatic rings. The highest BCUT2D eigenvalue weighted by Crippen LogP contribution is 2.37. The molecule has 1 aliphatic carbocycles. The maximum Gasteiger partial charge on any atom is 0.115 e. The number of rotatable bonds is 4. The average molecular weight is 367 g/mol. The molecule has 4 nitrogen and oxygen atoms in total. The Labute approximate surface area is 161 Å². The number of aromatic hydroxyl groups is 1. The molecule has 1 heterocycles. The fourth-order valence-corrected chi connectivity index (χ4v) is 4.68. The summed E-state index contributed by atoms with van der Waals surface area (Å²) in [5.41, 5.74) is 2.60. The summed E-state index contributed by atoms with van der Waals surface area (Å²) in [7, 11) is 0. The van der Waals surface area contributed by atoms with Crippen molar-refractivity contribution in [3.8, 4) is 5.75 Å². The van der Waals surface area contributed by atoms with Crippen LogP contribution in [0.3, 0.4) is 0 Å². The van der Waals surface area contributed by atoms with E-state index in [0.717, 1.165) is 56.4 Å². The van der Waals surface area contributed by atoms with Crippen LogP contribution in [0.4, 0.5) is 0 Å². The zero-order valence-corrected chi connectivity index (χ0v) is 15.7. The van der Waals surface area contributed by atoms with Crippen molar-refractivity contribution in [2.75, 3.05) is 19.6 Å². The van der Waals surface area contributed by atoms with Crippen LogP contribution in [0.2, 0.25) is 0 Å². The van der Waals surface area contributed by atoms with Crippen LogP contribution >= 0.6 is 0 Å². The molecule has 0 bridgehead atoms. The van der Waals surface area contributed by atoms with E-state index in [0.29, 0.717) is 6.42 Å². The predicted octanol–water partition coefficient (Wildman–Crippen LogP) is 3.06. The Kier molecular flexibility index (Phi) is 5.22. The van der Waals surface area contributed by atoms with E-state index in [4.69, 9.17) is 0 Å². The summed E-state index contributed by atoms with van der Waals surface area (Å²) in [6.07, 6.45) is 3.62. The van der Waals surface area contributed by atoms with Crippen LogP contribution in [0.25, 0.3) is 0 Å². The maximum atomic E-state index is 11.0. The number of piperidine rings is 1. The third-order valence-corrected chi connectivity index (χ3v) is 6.33. The van der Waals surface area contributed by atoms with Gasteiger partial charge in [-0.15, -0.1) is 0 Å². The van der Waals surface area contributed by atoms with Gasteiger partial charge in [-0.2, -0.15) is 0 Å². The molecular weight excluding hydrogens is 338 g/mol. The van der Waals surface area contributed by atoms with Crippen molar-refractivity contribution in [3.63, 3.8) is 0 Å². The van der Waals surface area contributed by atoms with Crippen LogP contribution in [0.5, 0.6) is 5.75 Å². The lowest BCUT2D eigenvalue weighted by molar-refractivity contribution is -0.0307. The van der Waals surface area contributed by atoms with E-state index in [9.17, 15) is 15.3 Å². The highest BCUT2D eigenvalue weighted by Gasteiger charge is 2.35. The van der Waals surface area contributed by atoms with Crippen LogP contribution < -0.4 is 0 Å². The number of aliphatic hydroxyl groups excluding tert-OH is 1. The van der Waals surface area contributed by atoms with Crippen molar-refractivity contribution >= 4 is 0 Å². The van der Waals surface area contributed by atoms with Gasteiger partial charge in [0.15, 0.2) is 0 Å². The van der Waals surface area contributed by atoms with Crippen molar-refractivity contribution in [2.45, 2.75) is 43.8 Å². The highest BCUT2D eigenvalue weighted by atomic mass is 16.3. The molecule has 3 N–H and O–H groups in total. The number of benzene rings is 2. The van der Waals surface area contributed by atoms with Crippen LogP contribution in [0, 0.1) is 5.92 Å². The molecule has 2 atom stereocenters. The molecular formula is C23H29NO3. The van der Waals surface area contributed by atoms with Crippen molar-refractivity contribution in [1.82, 2.24) is 4.90 Å². The Bertz CT molecular complexity index is 768. The van der Waals surface area contributed by atoms with Gasteiger partial charge in [0.1, 0.15) is 5.75 Å². The lowest BCUT2D eigenvalue weighted by Crippen LogP contribution is -2.47. The van der Waals surface area contributed by atoms with Gasteiger partial charge in [0.2, 0.25) is 0 Å². The van der Waals surface area contributed by atoms with Crippen LogP contribution in [0.1, 0.15) is 42.1 Å². The summed E-state index contributed by atoms with van der Waals surface area (Å²) in [6.45, 7) is 2.60. The molecule has 0 radical (unpaired) electrons. The Morgan fingerprint density at radius 2 is 1.78 bits per heavy atom. The molecule has 0 spiro atoms. The van der Waals surface area contributed by atoms with Gasteiger partial charge < -0.3 is 20.2 Å². The van der Waals surface area contributed by atoms with Crippen LogP contribution in [-0.4, -0.2) is 45.5 Å². The second-order valence-corrected chi connectivity index (χ2v) is 8.31. The molecule has 2 unspecified atom stereocenters. The van der Waals surface area contributed by atoms with E-state index in [1.807, 2.05) is 24.3 Å². The standard InChI is InChI=1S/C23H29NO3/c25-20-8-9-21-18(14-20)6-7-19(22(21)26)16-24-12-10-23(27,11-13-24)15-17-4-2-1-3-5-17/h1-5,8-9,14,19,22,25-27H,6-7,10-13,15-16H2. The number of nitrogens with zero attached hydrogens (tertiary/aromatic N) is 1. The minimum absolute atomic E-state index is 0.211. The Balaban J connectivity index is 1.33. The molecule has 1 aliphatic heterocycles. The van der Waals surface area contributed by atoms with Crippen molar-refractivity contribution in [2.24, 2.45) is 5.92 Å². The minimum Gasteiger partial charge on any atom is -0.508 e. The van der Waals surface area contributed by atoms with E-state index in [1.165, 1.54) is 5.56 Å². The van der Waals surface area contributed by atoms with E-state index in [2.05, 4.69) is 17.0 Å². The first-order valence-corrected chi connectivity index (χ1v) is 10.0. The van der Waals surface area contributed by atoms with E-state index in [-0.39, 0.29) is 11.7 Å². The van der Waals surface area contributed by atoms with E-state index >= 15 is 0 Å². The van der Waals surface area contributed by atoms with Crippen molar-refractivity contribution in [1.29, 1.82) is 0 Å². The fraction of sp³-hybridized carbons (Fsp3) is 0.478. The Morgan fingerprint density at radius 1 is 1.04 bits per heavy atom. The largest absolute Gasteiger partial charge is 0.508 e. The van der Waals surface area contributed by atoms with Crippen LogP contribution in [-0.2, 0) is 12.8 Å². The second kappa shape index (κ2) is 7.63. The molecule has 1 saturated heterocycles. The van der Waals surface area contributed by atoms with E-state index in [1.54, 1.807) is 12.1 Å². The number of hydrogen-bond acceptors (Lipinski definition) is 4. The van der Waals surface area contributed by atoms with E-state index < -0.39 is 11.7 Å². The number of likely N-dealkylation sites (tertiary alicyclic amines) is 1. The monoisotopic (exact) mass is 367 g/mol. The number of fused-ring (bicyclic) bond motifs is 1. The number of aliphatic hydroxyl groups is 2. The summed E-state index contributed by atoms with van der Waals surface area (Å²) < 4.78 is 0. The molecule has 0 saturated carbocycles. The molecule has 1 fully saturated rings. The average Bonchev–Trinajstić information content (AvgIpc) is 2.66. The highest BCUT2D eigenvalue weighted by molar-refractivity contribution is 5.38. The van der Waals surface area contributed by atoms with Gasteiger partial charge >= 0.3 is 0 Å². The van der Waals surface area contributed by atoms with Gasteiger partial charge in [0.25, 0.3) is 0 Å². The molecule has 2 aliphatic rings. The van der Waals surface area contributed by atoms with Crippen molar-refractivity contribution in [3.05, 3.63) is 65.2 Å². The lowest BCUT2D eigenvalue weighted by atomic mass is 9.80. The number of phenols is 1. The van der Waals surface area contributed by atoms with Gasteiger partial charge in [0, 0.05) is 32.0 Å². The normalized spacial score (nSPS) is 25.1. The zero-order valence-electron chi connectivity index (χ0n) is 15.7. The molecule has 0 aromatic heterocycles. The SMILES string of the molecule is Oc1ccc2c(c1)CCC(CN1CCC(O)(Cc3ccccc3)CC1)C2O. The van der Waals surface area contributed by atoms with Crippen molar-refractivity contribution < 1.29 is 15.3 Å². The Morgan fingerprint density at radius 3 is 2.52 bits per heavy atom. The minimum atomic E-state index is -0.618. The van der Waals surface area contributed by atoms with Gasteiger partial charge in [-0.3, -0.25) is 0 Å². The quantitative estimate of drug-likeness (QED) is 0.777. The summed E-state index contributed by atoms with van der Waals surface area (Å²) in [5, 5.41) is 31.4. The summed E-state index contributed by atoms with van der Waals surface area (Å²) in [4.78, 5) is 2.39. The van der Waals surface area contributed by atoms with Gasteiger partial charge in [-0.25, -0.2) is 0 Å². The summed E-state index contributed by atoms with van der Waals surface area (Å²) in [6, 6.07) is 15.5.